The Balaban J connectivity index is -0.0000000275. The molecule has 0 fully saturated rings. The van der Waals surface area contributed by atoms with Gasteiger partial charge in [-0.1, -0.05) is 22.6 Å². The molecule has 0 N–H and O–H groups in total. The fourth-order valence-corrected chi connectivity index (χ4v) is 0. The van der Waals surface area contributed by atoms with Crippen LogP contribution in [0.5, 0.6) is 0 Å². The van der Waals surface area contributed by atoms with Crippen molar-refractivity contribution in [3.8, 4) is 5.97 Å². The van der Waals surface area contributed by atoms with Crippen molar-refractivity contribution >= 4 is 30.4 Å². The maximum atomic E-state index is 7.43. The minimum absolute atomic E-state index is 0. The van der Waals surface area contributed by atoms with Gasteiger partial charge < -0.3 is 0 Å². The third-order valence-corrected chi connectivity index (χ3v) is 0. The van der Waals surface area contributed by atoms with Crippen LogP contribution in [-0.2, 0) is 0 Å². The molecule has 0 aromatic rings. The van der Waals surface area contributed by atoms with Gasteiger partial charge in [-0.05, 0) is 4.93 Å². The van der Waals surface area contributed by atoms with E-state index in [1.165, 1.54) is 0 Å². The second-order valence-electron chi connectivity index (χ2n) is 0. The second-order valence-corrected chi connectivity index (χ2v) is 0. The molecule has 4 heteroatoms. The third-order valence-electron chi connectivity index (χ3n) is 0. The van der Waals surface area contributed by atoms with Crippen LogP contribution in [0.1, 0.15) is 0 Å². The number of halogens is 1. The van der Waals surface area contributed by atoms with E-state index in [0.29, 0.717) is 0 Å². The monoisotopic (exact) mass is 205 g/mol. The molecule has 0 heterocycles. The molecule has 30 valence electrons. The molecule has 0 aliphatic heterocycles. The van der Waals surface area contributed by atoms with Gasteiger partial charge in [0.2, 0.25) is 0 Å². The van der Waals surface area contributed by atoms with E-state index in [1.54, 1.807) is 0 Å². The molecule has 1 nitrogen and oxygen atoms in total. The molecule has 0 saturated carbocycles. The smallest absolute Gasteiger partial charge is 0.251 e. The Hall–Kier alpha value is 1.28. The first-order chi connectivity index (χ1) is 2.41. The van der Waals surface area contributed by atoms with Crippen LogP contribution in [-0.4, -0.2) is 12.8 Å². The Labute approximate surface area is 75.3 Å². The molecule has 0 saturated heterocycles. The van der Waals surface area contributed by atoms with Crippen LogP contribution in [0.25, 0.3) is 0 Å². The number of alkyl halides is 1. The topological polar surface area (TPSA) is 23.8 Å². The third kappa shape index (κ3) is 58.8. The van der Waals surface area contributed by atoms with Crippen LogP contribution in [0.15, 0.2) is 0 Å². The number of rotatable bonds is 0. The molecule has 0 aliphatic rings. The van der Waals surface area contributed by atoms with Gasteiger partial charge in [0.05, 0.1) is 7.85 Å². The van der Waals surface area contributed by atoms with Crippen molar-refractivity contribution in [3.05, 3.63) is 0 Å². The Kier molecular flexibility index (Phi) is 87.8. The Morgan fingerprint density at radius 2 is 1.67 bits per heavy atom. The van der Waals surface area contributed by atoms with Gasteiger partial charge in [0.15, 0.2) is 0 Å². The second kappa shape index (κ2) is 33.6. The van der Waals surface area contributed by atoms with E-state index < -0.39 is 0 Å². The molecule has 0 aromatic carbocycles. The zero-order valence-corrected chi connectivity index (χ0v) is 7.48. The van der Waals surface area contributed by atoms with Crippen molar-refractivity contribution < 1.29 is 29.6 Å². The van der Waals surface area contributed by atoms with Gasteiger partial charge in [-0.3, -0.25) is 5.26 Å². The van der Waals surface area contributed by atoms with E-state index >= 15 is 0 Å². The maximum Gasteiger partial charge on any atom is 1.00 e. The quantitative estimate of drug-likeness (QED) is 0.233. The van der Waals surface area contributed by atoms with Crippen molar-refractivity contribution in [3.63, 3.8) is 0 Å². The molecule has 6 heavy (non-hydrogen) atoms. The number of nitriles is 1. The Morgan fingerprint density at radius 1 is 1.67 bits per heavy atom. The molecule has 0 radical (unpaired) electrons. The van der Waals surface area contributed by atoms with E-state index in [9.17, 15) is 0 Å². The predicted octanol–water partition coefficient (Wildman–Crippen LogP) is -3.11. The average molecular weight is 205 g/mol. The molecule has 0 aromatic heterocycles. The first kappa shape index (κ1) is 15.7. The minimum atomic E-state index is 0. The van der Waals surface area contributed by atoms with Gasteiger partial charge in [0, 0.05) is 0 Å². The van der Waals surface area contributed by atoms with Crippen LogP contribution in [0.4, 0.5) is 0 Å². The van der Waals surface area contributed by atoms with Gasteiger partial charge in [-0.25, -0.2) is 0 Å². The predicted molar refractivity (Wildman–Crippen MR) is 35.5 cm³/mol. The summed E-state index contributed by atoms with van der Waals surface area (Å²) < 4.78 is 0. The largest absolute Gasteiger partial charge is 1.00 e. The number of nitrogens with zero attached hydrogens (tertiary/aromatic N) is 1. The van der Waals surface area contributed by atoms with Crippen molar-refractivity contribution in [2.75, 3.05) is 4.93 Å². The Morgan fingerprint density at radius 3 is 1.67 bits per heavy atom. The summed E-state index contributed by atoms with van der Waals surface area (Å²) in [6.07, 6.45) is 0. The summed E-state index contributed by atoms with van der Waals surface area (Å²) in [6.45, 7) is 0. The molecule has 0 unspecified atom stereocenters. The summed E-state index contributed by atoms with van der Waals surface area (Å²) in [5.74, 6) is 2.00. The fourth-order valence-electron chi connectivity index (χ4n) is 0. The van der Waals surface area contributed by atoms with E-state index in [2.05, 4.69) is 22.6 Å². The van der Waals surface area contributed by atoms with Gasteiger partial charge in [0.1, 0.15) is 0 Å². The molecule has 0 bridgehead atoms. The summed E-state index contributed by atoms with van der Waals surface area (Å²) in [5, 5.41) is 7.43. The summed E-state index contributed by atoms with van der Waals surface area (Å²) >= 11 is 2.15. The van der Waals surface area contributed by atoms with Gasteiger partial charge in [-0.2, -0.15) is 5.97 Å². The van der Waals surface area contributed by atoms with Crippen LogP contribution in [0.3, 0.4) is 0 Å². The van der Waals surface area contributed by atoms with Gasteiger partial charge in [-0.15, -0.1) is 0 Å². The zero-order valence-electron chi connectivity index (χ0n) is 3.33. The molecule has 0 spiro atoms. The number of hydrogen-bond donors (Lipinski definition) is 0. The van der Waals surface area contributed by atoms with E-state index in [1.807, 2.05) is 10.9 Å². The average Bonchev–Trinajstić information content (AvgIpc) is 1.46. The molecule has 0 atom stereocenters. The van der Waals surface area contributed by atoms with E-state index in [4.69, 9.17) is 5.26 Å². The normalized spacial score (nSPS) is 2.33. The van der Waals surface area contributed by atoms with E-state index in [0.717, 1.165) is 0 Å². The summed E-state index contributed by atoms with van der Waals surface area (Å²) in [7, 11) is 0.0694. The molecule has 0 amide bonds. The van der Waals surface area contributed by atoms with Crippen molar-refractivity contribution in [1.29, 1.82) is 5.26 Å². The maximum absolute atomic E-state index is 7.43. The SMILES string of the molecule is CI.[BH3-]C#N.[Na+]. The zero-order chi connectivity index (χ0) is 4.71. The first-order valence-electron chi connectivity index (χ1n) is 0.602. The minimum Gasteiger partial charge on any atom is -0.251 e. The van der Waals surface area contributed by atoms with Crippen molar-refractivity contribution in [1.82, 2.24) is 0 Å². The van der Waals surface area contributed by atoms with Crippen LogP contribution < -0.4 is 29.6 Å². The van der Waals surface area contributed by atoms with Crippen LogP contribution in [0, 0.1) is 11.2 Å². The van der Waals surface area contributed by atoms with Crippen molar-refractivity contribution in [2.45, 2.75) is 0 Å². The van der Waals surface area contributed by atoms with Crippen LogP contribution >= 0.6 is 22.6 Å². The standard InChI is InChI=1S/CH3BN.CH3I.Na/c2-1-3;1-2;/h2H3;1H3;/q-1;;+1. The number of hydrogen-bond acceptors (Lipinski definition) is 1. The molecule has 0 rings (SSSR count). The molecule has 0 aliphatic carbocycles. The summed E-state index contributed by atoms with van der Waals surface area (Å²) in [4.78, 5) is 1.97. The summed E-state index contributed by atoms with van der Waals surface area (Å²) in [6, 6.07) is 0. The van der Waals surface area contributed by atoms with E-state index in [-0.39, 0.29) is 37.4 Å². The van der Waals surface area contributed by atoms with Gasteiger partial charge in [0.25, 0.3) is 0 Å². The first-order valence-corrected chi connectivity index (χ1v) is 2.76. The van der Waals surface area contributed by atoms with Gasteiger partial charge >= 0.3 is 29.6 Å². The molecular formula is C2H6BINNa. The van der Waals surface area contributed by atoms with Crippen LogP contribution in [0.2, 0.25) is 0 Å². The Bertz CT molecular complexity index is 35.0. The molecular weight excluding hydrogens is 199 g/mol. The van der Waals surface area contributed by atoms with Crippen molar-refractivity contribution in [2.24, 2.45) is 0 Å². The summed E-state index contributed by atoms with van der Waals surface area (Å²) in [5.41, 5.74) is 0. The fraction of sp³-hybridized carbons (Fsp3) is 0.500.